The molecule has 2 N–H and O–H groups in total. The fraction of sp³-hybridized carbons (Fsp3) is 0. The van der Waals surface area contributed by atoms with Gasteiger partial charge in [0, 0.05) is 4.47 Å². The minimum atomic E-state index is -0.993. The molecule has 0 saturated heterocycles. The van der Waals surface area contributed by atoms with E-state index in [-0.39, 0.29) is 21.6 Å². The lowest BCUT2D eigenvalue weighted by Crippen LogP contribution is -2.35. The van der Waals surface area contributed by atoms with Gasteiger partial charge in [0.1, 0.15) is 16.6 Å². The van der Waals surface area contributed by atoms with Crippen LogP contribution in [-0.2, 0) is 0 Å². The van der Waals surface area contributed by atoms with Crippen LogP contribution in [0, 0.1) is 5.82 Å². The molecule has 3 amide bonds. The number of nitrogens with zero attached hydrogens (tertiary/aromatic N) is 1. The van der Waals surface area contributed by atoms with Crippen LogP contribution in [0.1, 0.15) is 10.4 Å². The molecule has 0 saturated carbocycles. The van der Waals surface area contributed by atoms with E-state index in [0.717, 1.165) is 25.8 Å². The van der Waals surface area contributed by atoms with E-state index >= 15 is 0 Å². The Morgan fingerprint density at radius 2 is 1.79 bits per heavy atom. The number of ether oxygens (including phenoxy) is 1. The number of benzene rings is 3. The van der Waals surface area contributed by atoms with E-state index in [1.807, 2.05) is 29.6 Å². The Kier molecular flexibility index (Phi) is 7.37. The predicted molar refractivity (Wildman–Crippen MR) is 137 cm³/mol. The van der Waals surface area contributed by atoms with Gasteiger partial charge in [-0.25, -0.2) is 14.2 Å². The molecule has 4 aromatic rings. The molecule has 172 valence electrons. The molecule has 0 bridgehead atoms. The van der Waals surface area contributed by atoms with Crippen molar-refractivity contribution in [3.8, 4) is 11.6 Å². The normalized spacial score (nSPS) is 10.7. The SMILES string of the molecule is O=C(NC(=O)c1c(F)cccc1Cl)Nc1cnc(Oc2ccc3cc(Br)ccc3c2Br)c(Cl)c1. The quantitative estimate of drug-likeness (QED) is 0.241. The molecule has 6 nitrogen and oxygen atoms in total. The molecule has 1 heterocycles. The second kappa shape index (κ2) is 10.3. The monoisotopic (exact) mass is 625 g/mol. The Labute approximate surface area is 219 Å². The van der Waals surface area contributed by atoms with Gasteiger partial charge in [0.2, 0.25) is 5.88 Å². The Hall–Kier alpha value is -2.72. The molecular weight excluding hydrogens is 616 g/mol. The van der Waals surface area contributed by atoms with E-state index in [4.69, 9.17) is 27.9 Å². The standard InChI is InChI=1S/C23H12Br2Cl2FN3O3/c24-12-5-6-14-11(8-12)4-7-18(20(14)25)34-22-16(27)9-13(10-29-22)30-23(33)31-21(32)19-15(26)2-1-3-17(19)28/h1-10H,(H2,30,31,32,33). The summed E-state index contributed by atoms with van der Waals surface area (Å²) < 4.78 is 21.4. The predicted octanol–water partition coefficient (Wildman–Crippen LogP) is 7.96. The number of carbonyl (C=O) groups excluding carboxylic acids is 2. The number of anilines is 1. The van der Waals surface area contributed by atoms with Gasteiger partial charge in [-0.2, -0.15) is 0 Å². The van der Waals surface area contributed by atoms with Crippen molar-refractivity contribution in [1.29, 1.82) is 0 Å². The molecule has 0 aliphatic carbocycles. The van der Waals surface area contributed by atoms with Gasteiger partial charge in [-0.05, 0) is 63.1 Å². The van der Waals surface area contributed by atoms with Crippen molar-refractivity contribution < 1.29 is 18.7 Å². The highest BCUT2D eigenvalue weighted by Gasteiger charge is 2.19. The summed E-state index contributed by atoms with van der Waals surface area (Å²) in [6.07, 6.45) is 1.30. The third kappa shape index (κ3) is 5.33. The summed E-state index contributed by atoms with van der Waals surface area (Å²) >= 11 is 19.1. The first-order valence-corrected chi connectivity index (χ1v) is 11.8. The molecule has 0 unspecified atom stereocenters. The zero-order chi connectivity index (χ0) is 24.4. The lowest BCUT2D eigenvalue weighted by atomic mass is 10.1. The highest BCUT2D eigenvalue weighted by atomic mass is 79.9. The zero-order valence-corrected chi connectivity index (χ0v) is 21.5. The molecule has 0 aliphatic heterocycles. The van der Waals surface area contributed by atoms with Crippen LogP contribution in [0.15, 0.2) is 69.7 Å². The van der Waals surface area contributed by atoms with Crippen molar-refractivity contribution >= 4 is 83.5 Å². The summed E-state index contributed by atoms with van der Waals surface area (Å²) in [6, 6.07) is 13.7. The Bertz CT molecular complexity index is 1430. The molecule has 0 atom stereocenters. The van der Waals surface area contributed by atoms with Crippen molar-refractivity contribution in [1.82, 2.24) is 10.3 Å². The van der Waals surface area contributed by atoms with Crippen LogP contribution in [0.5, 0.6) is 11.6 Å². The van der Waals surface area contributed by atoms with Gasteiger partial charge < -0.3 is 10.1 Å². The van der Waals surface area contributed by atoms with E-state index in [1.54, 1.807) is 6.07 Å². The highest BCUT2D eigenvalue weighted by molar-refractivity contribution is 9.11. The summed E-state index contributed by atoms with van der Waals surface area (Å²) in [5, 5.41) is 6.34. The third-order valence-corrected chi connectivity index (χ3v) is 6.47. The summed E-state index contributed by atoms with van der Waals surface area (Å²) in [5.74, 6) is -1.24. The van der Waals surface area contributed by atoms with E-state index < -0.39 is 23.3 Å². The average molecular weight is 628 g/mol. The number of aromatic nitrogens is 1. The molecular formula is C23H12Br2Cl2FN3O3. The first kappa shape index (κ1) is 24.4. The smallest absolute Gasteiger partial charge is 0.326 e. The number of pyridine rings is 1. The van der Waals surface area contributed by atoms with E-state index in [9.17, 15) is 14.0 Å². The molecule has 0 spiro atoms. The maximum absolute atomic E-state index is 13.9. The van der Waals surface area contributed by atoms with E-state index in [1.165, 1.54) is 24.4 Å². The second-order valence-corrected chi connectivity index (χ2v) is 9.38. The van der Waals surface area contributed by atoms with Crippen LogP contribution in [0.4, 0.5) is 14.9 Å². The lowest BCUT2D eigenvalue weighted by Gasteiger charge is -2.12. The zero-order valence-electron chi connectivity index (χ0n) is 16.8. The molecule has 0 fully saturated rings. The Morgan fingerprint density at radius 1 is 1.00 bits per heavy atom. The van der Waals surface area contributed by atoms with Gasteiger partial charge in [-0.1, -0.05) is 57.3 Å². The minimum Gasteiger partial charge on any atom is -0.436 e. The third-order valence-electron chi connectivity index (χ3n) is 4.57. The van der Waals surface area contributed by atoms with Crippen molar-refractivity contribution in [2.45, 2.75) is 0 Å². The molecule has 34 heavy (non-hydrogen) atoms. The number of rotatable bonds is 4. The number of halogens is 5. The van der Waals surface area contributed by atoms with Gasteiger partial charge in [-0.3, -0.25) is 10.1 Å². The van der Waals surface area contributed by atoms with Crippen LogP contribution < -0.4 is 15.4 Å². The lowest BCUT2D eigenvalue weighted by molar-refractivity contribution is 0.0963. The van der Waals surface area contributed by atoms with Gasteiger partial charge in [0.15, 0.2) is 0 Å². The van der Waals surface area contributed by atoms with Crippen molar-refractivity contribution in [3.05, 3.63) is 91.2 Å². The molecule has 3 aromatic carbocycles. The number of nitrogens with one attached hydrogen (secondary N) is 2. The van der Waals surface area contributed by atoms with E-state index in [0.29, 0.717) is 5.75 Å². The second-order valence-electron chi connectivity index (χ2n) is 6.86. The fourth-order valence-corrected chi connectivity index (χ4v) is 4.44. The first-order valence-electron chi connectivity index (χ1n) is 9.50. The fourth-order valence-electron chi connectivity index (χ4n) is 3.04. The Morgan fingerprint density at radius 3 is 2.53 bits per heavy atom. The van der Waals surface area contributed by atoms with Crippen LogP contribution in [0.3, 0.4) is 0 Å². The van der Waals surface area contributed by atoms with Crippen LogP contribution >= 0.6 is 55.1 Å². The van der Waals surface area contributed by atoms with Gasteiger partial charge in [-0.15, -0.1) is 0 Å². The maximum atomic E-state index is 13.9. The molecule has 11 heteroatoms. The van der Waals surface area contributed by atoms with Crippen LogP contribution in [-0.4, -0.2) is 16.9 Å². The van der Waals surface area contributed by atoms with Crippen molar-refractivity contribution in [2.75, 3.05) is 5.32 Å². The number of fused-ring (bicyclic) bond motifs is 1. The van der Waals surface area contributed by atoms with Gasteiger partial charge in [0.25, 0.3) is 5.91 Å². The van der Waals surface area contributed by atoms with Crippen molar-refractivity contribution in [2.24, 2.45) is 0 Å². The van der Waals surface area contributed by atoms with Crippen LogP contribution in [0.25, 0.3) is 10.8 Å². The number of amides is 3. The molecule has 4 rings (SSSR count). The summed E-state index contributed by atoms with van der Waals surface area (Å²) in [4.78, 5) is 28.5. The van der Waals surface area contributed by atoms with Crippen LogP contribution in [0.2, 0.25) is 10.0 Å². The first-order chi connectivity index (χ1) is 16.2. The van der Waals surface area contributed by atoms with Gasteiger partial charge in [0.05, 0.1) is 26.9 Å². The van der Waals surface area contributed by atoms with E-state index in [2.05, 4.69) is 42.2 Å². The topological polar surface area (TPSA) is 80.3 Å². The molecule has 0 aliphatic rings. The minimum absolute atomic E-state index is 0.110. The number of urea groups is 1. The van der Waals surface area contributed by atoms with Crippen molar-refractivity contribution in [3.63, 3.8) is 0 Å². The number of imide groups is 1. The molecule has 0 radical (unpaired) electrons. The highest BCUT2D eigenvalue weighted by Crippen LogP contribution is 2.38. The van der Waals surface area contributed by atoms with Gasteiger partial charge >= 0.3 is 6.03 Å². The summed E-state index contributed by atoms with van der Waals surface area (Å²) in [6.45, 7) is 0. The average Bonchev–Trinajstić information content (AvgIpc) is 2.77. The number of hydrogen-bond acceptors (Lipinski definition) is 4. The number of carbonyl (C=O) groups is 2. The summed E-state index contributed by atoms with van der Waals surface area (Å²) in [5.41, 5.74) is -0.253. The number of hydrogen-bond donors (Lipinski definition) is 2. The summed E-state index contributed by atoms with van der Waals surface area (Å²) in [7, 11) is 0. The molecule has 1 aromatic heterocycles. The maximum Gasteiger partial charge on any atom is 0.326 e. The largest absolute Gasteiger partial charge is 0.436 e. The Balaban J connectivity index is 1.47.